The summed E-state index contributed by atoms with van der Waals surface area (Å²) in [6, 6.07) is 3.43. The van der Waals surface area contributed by atoms with Crippen LogP contribution in [0.15, 0.2) is 30.9 Å². The third kappa shape index (κ3) is 2.42. The molecular formula is C15H14O5. The highest BCUT2D eigenvalue weighted by atomic mass is 16.7. The molecule has 1 aliphatic rings. The number of benzene rings is 1. The molecule has 5 heteroatoms. The predicted octanol–water partition coefficient (Wildman–Crippen LogP) is 2.36. The molecule has 1 heterocycles. The number of hydrogen-bond acceptors (Lipinski definition) is 5. The van der Waals surface area contributed by atoms with Gasteiger partial charge in [-0.15, -0.1) is 0 Å². The summed E-state index contributed by atoms with van der Waals surface area (Å²) in [6.45, 7) is 7.28. The second-order valence-corrected chi connectivity index (χ2v) is 4.16. The molecule has 0 aromatic heterocycles. The Labute approximate surface area is 116 Å². The molecule has 0 unspecified atom stereocenters. The second-order valence-electron chi connectivity index (χ2n) is 4.16. The summed E-state index contributed by atoms with van der Waals surface area (Å²) in [5.74, 6) is -0.0198. The van der Waals surface area contributed by atoms with Crippen molar-refractivity contribution in [1.82, 2.24) is 0 Å². The maximum Gasteiger partial charge on any atom is 0.333 e. The Morgan fingerprint density at radius 3 is 2.80 bits per heavy atom. The highest BCUT2D eigenvalue weighted by molar-refractivity contribution is 6.07. The van der Waals surface area contributed by atoms with Crippen molar-refractivity contribution in [2.24, 2.45) is 0 Å². The molecule has 0 aliphatic carbocycles. The van der Waals surface area contributed by atoms with E-state index in [2.05, 4.69) is 17.9 Å². The van der Waals surface area contributed by atoms with Crippen molar-refractivity contribution in [3.05, 3.63) is 42.0 Å². The SMILES string of the molecule is C=Cc1ccc2c(c1C(=O)CC(=C)C(=O)OC)OCO2. The number of methoxy groups -OCH3 is 1. The van der Waals surface area contributed by atoms with E-state index in [0.29, 0.717) is 22.6 Å². The maximum absolute atomic E-state index is 12.4. The number of carbonyl (C=O) groups excluding carboxylic acids is 2. The second kappa shape index (κ2) is 5.61. The zero-order chi connectivity index (χ0) is 14.7. The van der Waals surface area contributed by atoms with Crippen LogP contribution in [0.1, 0.15) is 22.3 Å². The normalized spacial score (nSPS) is 11.8. The molecule has 0 amide bonds. The fourth-order valence-electron chi connectivity index (χ4n) is 1.94. The first kappa shape index (κ1) is 13.9. The van der Waals surface area contributed by atoms with Gasteiger partial charge in [0.25, 0.3) is 0 Å². The average molecular weight is 274 g/mol. The third-order valence-electron chi connectivity index (χ3n) is 2.92. The molecule has 0 radical (unpaired) electrons. The van der Waals surface area contributed by atoms with Crippen LogP contribution in [0.25, 0.3) is 6.08 Å². The summed E-state index contributed by atoms with van der Waals surface area (Å²) in [4.78, 5) is 23.7. The lowest BCUT2D eigenvalue weighted by Crippen LogP contribution is -2.11. The lowest BCUT2D eigenvalue weighted by Gasteiger charge is -2.09. The van der Waals surface area contributed by atoms with E-state index in [4.69, 9.17) is 9.47 Å². The van der Waals surface area contributed by atoms with Crippen LogP contribution in [-0.4, -0.2) is 25.7 Å². The van der Waals surface area contributed by atoms with Gasteiger partial charge in [0, 0.05) is 12.0 Å². The summed E-state index contributed by atoms with van der Waals surface area (Å²) in [5.41, 5.74) is 1.06. The molecule has 1 aromatic rings. The molecule has 0 atom stereocenters. The Morgan fingerprint density at radius 2 is 2.15 bits per heavy atom. The molecule has 1 aliphatic heterocycles. The Hall–Kier alpha value is -2.56. The van der Waals surface area contributed by atoms with Gasteiger partial charge in [0.2, 0.25) is 6.79 Å². The Bertz CT molecular complexity index is 601. The number of fused-ring (bicyclic) bond motifs is 1. The number of Topliss-reactive ketones (excluding diaryl/α,β-unsaturated/α-hetero) is 1. The molecule has 0 saturated heterocycles. The monoisotopic (exact) mass is 274 g/mol. The van der Waals surface area contributed by atoms with Gasteiger partial charge in [-0.2, -0.15) is 0 Å². The summed E-state index contributed by atoms with van der Waals surface area (Å²) in [5, 5.41) is 0. The fourth-order valence-corrected chi connectivity index (χ4v) is 1.94. The highest BCUT2D eigenvalue weighted by Gasteiger charge is 2.25. The van der Waals surface area contributed by atoms with Gasteiger partial charge in [-0.05, 0) is 11.6 Å². The Morgan fingerprint density at radius 1 is 1.40 bits per heavy atom. The zero-order valence-corrected chi connectivity index (χ0v) is 11.1. The highest BCUT2D eigenvalue weighted by Crippen LogP contribution is 2.38. The number of hydrogen-bond donors (Lipinski definition) is 0. The molecule has 20 heavy (non-hydrogen) atoms. The van der Waals surface area contributed by atoms with Gasteiger partial charge < -0.3 is 14.2 Å². The minimum atomic E-state index is -0.608. The van der Waals surface area contributed by atoms with Crippen molar-refractivity contribution < 1.29 is 23.8 Å². The van der Waals surface area contributed by atoms with E-state index in [1.54, 1.807) is 18.2 Å². The lowest BCUT2D eigenvalue weighted by molar-refractivity contribution is -0.136. The van der Waals surface area contributed by atoms with Gasteiger partial charge in [0.05, 0.1) is 12.7 Å². The topological polar surface area (TPSA) is 61.8 Å². The van der Waals surface area contributed by atoms with Gasteiger partial charge in [-0.1, -0.05) is 25.3 Å². The molecule has 0 saturated carbocycles. The number of rotatable bonds is 5. The summed E-state index contributed by atoms with van der Waals surface area (Å²) in [6.07, 6.45) is 1.41. The van der Waals surface area contributed by atoms with E-state index in [0.717, 1.165) is 0 Å². The van der Waals surface area contributed by atoms with E-state index < -0.39 is 5.97 Å². The summed E-state index contributed by atoms with van der Waals surface area (Å²) >= 11 is 0. The first-order valence-electron chi connectivity index (χ1n) is 5.92. The molecule has 0 spiro atoms. The number of esters is 1. The minimum Gasteiger partial charge on any atom is -0.466 e. The van der Waals surface area contributed by atoms with Crippen LogP contribution in [0.3, 0.4) is 0 Å². The average Bonchev–Trinajstić information content (AvgIpc) is 2.92. The zero-order valence-electron chi connectivity index (χ0n) is 11.1. The maximum atomic E-state index is 12.4. The standard InChI is InChI=1S/C15H14O5/c1-4-10-5-6-12-14(20-8-19-12)13(10)11(16)7-9(2)15(17)18-3/h4-6H,1-2,7-8H2,3H3. The van der Waals surface area contributed by atoms with Crippen molar-refractivity contribution in [2.45, 2.75) is 6.42 Å². The van der Waals surface area contributed by atoms with Crippen molar-refractivity contribution in [3.63, 3.8) is 0 Å². The first-order chi connectivity index (χ1) is 9.58. The Balaban J connectivity index is 2.34. The van der Waals surface area contributed by atoms with Crippen molar-refractivity contribution >= 4 is 17.8 Å². The van der Waals surface area contributed by atoms with Crippen molar-refractivity contribution in [2.75, 3.05) is 13.9 Å². The van der Waals surface area contributed by atoms with Crippen LogP contribution in [-0.2, 0) is 9.53 Å². The molecule has 5 nitrogen and oxygen atoms in total. The van der Waals surface area contributed by atoms with Crippen LogP contribution in [0, 0.1) is 0 Å². The van der Waals surface area contributed by atoms with E-state index in [1.807, 2.05) is 0 Å². The molecule has 104 valence electrons. The number of ether oxygens (including phenoxy) is 3. The smallest absolute Gasteiger partial charge is 0.333 e. The predicted molar refractivity (Wildman–Crippen MR) is 72.8 cm³/mol. The van der Waals surface area contributed by atoms with Crippen molar-refractivity contribution in [3.8, 4) is 11.5 Å². The van der Waals surface area contributed by atoms with Gasteiger partial charge in [-0.25, -0.2) is 4.79 Å². The molecule has 0 bridgehead atoms. The van der Waals surface area contributed by atoms with Crippen LogP contribution in [0.4, 0.5) is 0 Å². The van der Waals surface area contributed by atoms with Crippen LogP contribution in [0.2, 0.25) is 0 Å². The van der Waals surface area contributed by atoms with Crippen LogP contribution in [0.5, 0.6) is 11.5 Å². The molecule has 2 rings (SSSR count). The molecule has 0 N–H and O–H groups in total. The quantitative estimate of drug-likeness (QED) is 0.468. The summed E-state index contributed by atoms with van der Waals surface area (Å²) in [7, 11) is 1.24. The van der Waals surface area contributed by atoms with E-state index in [-0.39, 0.29) is 24.6 Å². The molecular weight excluding hydrogens is 260 g/mol. The van der Waals surface area contributed by atoms with Crippen LogP contribution >= 0.6 is 0 Å². The van der Waals surface area contributed by atoms with Gasteiger partial charge in [0.1, 0.15) is 0 Å². The summed E-state index contributed by atoms with van der Waals surface area (Å²) < 4.78 is 15.1. The lowest BCUT2D eigenvalue weighted by atomic mass is 9.97. The third-order valence-corrected chi connectivity index (χ3v) is 2.92. The number of ketones is 1. The Kier molecular flexibility index (Phi) is 3.89. The fraction of sp³-hybridized carbons (Fsp3) is 0.200. The van der Waals surface area contributed by atoms with Gasteiger partial charge in [0.15, 0.2) is 17.3 Å². The minimum absolute atomic E-state index is 0.0636. The molecule has 1 aromatic carbocycles. The number of carbonyl (C=O) groups is 2. The van der Waals surface area contributed by atoms with Crippen molar-refractivity contribution in [1.29, 1.82) is 0 Å². The van der Waals surface area contributed by atoms with E-state index in [1.165, 1.54) is 7.11 Å². The van der Waals surface area contributed by atoms with E-state index in [9.17, 15) is 9.59 Å². The largest absolute Gasteiger partial charge is 0.466 e. The van der Waals surface area contributed by atoms with Gasteiger partial charge in [-0.3, -0.25) is 4.79 Å². The van der Waals surface area contributed by atoms with Gasteiger partial charge >= 0.3 is 5.97 Å². The molecule has 0 fully saturated rings. The van der Waals surface area contributed by atoms with Crippen LogP contribution < -0.4 is 9.47 Å². The van der Waals surface area contributed by atoms with E-state index >= 15 is 0 Å². The first-order valence-corrected chi connectivity index (χ1v) is 5.92.